The van der Waals surface area contributed by atoms with Crippen molar-refractivity contribution in [1.29, 1.82) is 0 Å². The summed E-state index contributed by atoms with van der Waals surface area (Å²) in [5, 5.41) is 1.79. The Bertz CT molecular complexity index is 1280. The van der Waals surface area contributed by atoms with E-state index in [0.717, 1.165) is 31.1 Å². The highest BCUT2D eigenvalue weighted by Gasteiger charge is 2.25. The van der Waals surface area contributed by atoms with Crippen LogP contribution in [0.1, 0.15) is 18.5 Å². The molecule has 2 aliphatic heterocycles. The number of halogens is 1. The van der Waals surface area contributed by atoms with Gasteiger partial charge in [0.1, 0.15) is 23.4 Å². The van der Waals surface area contributed by atoms with E-state index in [2.05, 4.69) is 20.3 Å². The zero-order valence-electron chi connectivity index (χ0n) is 16.9. The van der Waals surface area contributed by atoms with Gasteiger partial charge in [0.25, 0.3) is 11.1 Å². The molecule has 5 rings (SSSR count). The van der Waals surface area contributed by atoms with Gasteiger partial charge in [-0.2, -0.15) is 0 Å². The number of fused-ring (bicyclic) bond motifs is 1. The lowest BCUT2D eigenvalue weighted by Gasteiger charge is -2.32. The fraction of sp³-hybridized carbons (Fsp3) is 0.227. The topological polar surface area (TPSA) is 114 Å². The quantitative estimate of drug-likeness (QED) is 0.585. The number of aromatic nitrogens is 3. The maximum atomic E-state index is 15.0. The molecule has 10 heteroatoms. The van der Waals surface area contributed by atoms with Crippen molar-refractivity contribution < 1.29 is 14.0 Å². The van der Waals surface area contributed by atoms with Crippen molar-refractivity contribution in [2.75, 3.05) is 18.0 Å². The smallest absolute Gasteiger partial charge is 0.290 e. The standard InChI is InChI=1S/C22H19FN6O2S/c23-15-8-12(3-6-17(15)29-7-1-2-13(24)10-29)19-20-16(25-11-26-19)5-4-14(27-20)9-18-21(30)28-22(31)32-18/h3-6,8-9,11,13H,1-2,7,10,24H2,(H,28,30,31)/t13-/m1/s1. The molecule has 2 amide bonds. The Balaban J connectivity index is 1.52. The first-order valence-corrected chi connectivity index (χ1v) is 11.0. The van der Waals surface area contributed by atoms with Gasteiger partial charge in [0, 0.05) is 24.7 Å². The summed E-state index contributed by atoms with van der Waals surface area (Å²) in [5.74, 6) is -0.805. The highest BCUT2D eigenvalue weighted by molar-refractivity contribution is 8.18. The van der Waals surface area contributed by atoms with E-state index in [1.54, 1.807) is 18.2 Å². The Kier molecular flexibility index (Phi) is 5.32. The third-order valence-corrected chi connectivity index (χ3v) is 6.25. The van der Waals surface area contributed by atoms with E-state index in [1.165, 1.54) is 18.5 Å². The number of thioether (sulfide) groups is 1. The number of nitrogens with two attached hydrogens (primary N) is 1. The fourth-order valence-corrected chi connectivity index (χ4v) is 4.61. The number of nitrogens with one attached hydrogen (secondary N) is 1. The van der Waals surface area contributed by atoms with E-state index in [9.17, 15) is 9.59 Å². The van der Waals surface area contributed by atoms with E-state index in [0.29, 0.717) is 40.2 Å². The summed E-state index contributed by atoms with van der Waals surface area (Å²) in [5.41, 5.74) is 9.15. The average Bonchev–Trinajstić information content (AvgIpc) is 3.09. The van der Waals surface area contributed by atoms with E-state index >= 15 is 4.39 Å². The number of carbonyl (C=O) groups excluding carboxylic acids is 2. The minimum atomic E-state index is -0.457. The summed E-state index contributed by atoms with van der Waals surface area (Å²) in [6.07, 6.45) is 4.82. The third-order valence-electron chi connectivity index (χ3n) is 5.44. The molecule has 3 N–H and O–H groups in total. The van der Waals surface area contributed by atoms with Crippen molar-refractivity contribution in [3.63, 3.8) is 0 Å². The maximum Gasteiger partial charge on any atom is 0.290 e. The van der Waals surface area contributed by atoms with Crippen LogP contribution in [0.25, 0.3) is 28.4 Å². The normalized spacial score (nSPS) is 20.2. The predicted molar refractivity (Wildman–Crippen MR) is 121 cm³/mol. The van der Waals surface area contributed by atoms with Gasteiger partial charge in [-0.15, -0.1) is 0 Å². The predicted octanol–water partition coefficient (Wildman–Crippen LogP) is 3.08. The van der Waals surface area contributed by atoms with E-state index in [4.69, 9.17) is 5.73 Å². The first kappa shape index (κ1) is 20.5. The van der Waals surface area contributed by atoms with Crippen molar-refractivity contribution in [2.24, 2.45) is 5.73 Å². The molecule has 0 radical (unpaired) electrons. The Morgan fingerprint density at radius 1 is 1.22 bits per heavy atom. The third kappa shape index (κ3) is 3.94. The molecule has 0 aliphatic carbocycles. The van der Waals surface area contributed by atoms with Gasteiger partial charge in [-0.1, -0.05) is 6.07 Å². The summed E-state index contributed by atoms with van der Waals surface area (Å²) in [6, 6.07) is 8.49. The first-order valence-electron chi connectivity index (χ1n) is 10.1. The second-order valence-corrected chi connectivity index (χ2v) is 8.71. The SMILES string of the molecule is N[C@@H]1CCCN(c2ccc(-c3ncnc4ccc(C=C5SC(=O)NC5=O)nc34)cc2F)C1. The lowest BCUT2D eigenvalue weighted by molar-refractivity contribution is -0.115. The number of hydrogen-bond donors (Lipinski definition) is 2. The largest absolute Gasteiger partial charge is 0.368 e. The minimum Gasteiger partial charge on any atom is -0.368 e. The van der Waals surface area contributed by atoms with Crippen LogP contribution in [-0.4, -0.2) is 45.2 Å². The minimum absolute atomic E-state index is 0.0424. The Hall–Kier alpha value is -3.37. The summed E-state index contributed by atoms with van der Waals surface area (Å²) in [7, 11) is 0. The van der Waals surface area contributed by atoms with Crippen molar-refractivity contribution in [1.82, 2.24) is 20.3 Å². The zero-order chi connectivity index (χ0) is 22.2. The molecule has 0 saturated carbocycles. The summed E-state index contributed by atoms with van der Waals surface area (Å²) >= 11 is 0.819. The van der Waals surface area contributed by atoms with Gasteiger partial charge in [-0.25, -0.2) is 19.3 Å². The number of benzene rings is 1. The molecule has 3 aromatic rings. The second kappa shape index (κ2) is 8.29. The van der Waals surface area contributed by atoms with Gasteiger partial charge < -0.3 is 10.6 Å². The van der Waals surface area contributed by atoms with Crippen LogP contribution in [0.15, 0.2) is 41.6 Å². The van der Waals surface area contributed by atoms with Crippen LogP contribution in [0.5, 0.6) is 0 Å². The zero-order valence-corrected chi connectivity index (χ0v) is 17.7. The van der Waals surface area contributed by atoms with Gasteiger partial charge in [-0.05, 0) is 54.9 Å². The molecular formula is C22H19FN6O2S. The van der Waals surface area contributed by atoms with Crippen LogP contribution in [0.3, 0.4) is 0 Å². The monoisotopic (exact) mass is 450 g/mol. The fourth-order valence-electron chi connectivity index (χ4n) is 3.94. The molecule has 0 spiro atoms. The van der Waals surface area contributed by atoms with Crippen LogP contribution >= 0.6 is 11.8 Å². The molecule has 162 valence electrons. The van der Waals surface area contributed by atoms with Crippen molar-refractivity contribution in [3.8, 4) is 11.3 Å². The van der Waals surface area contributed by atoms with Crippen molar-refractivity contribution in [2.45, 2.75) is 18.9 Å². The number of amides is 2. The molecule has 2 aromatic heterocycles. The number of anilines is 1. The van der Waals surface area contributed by atoms with Crippen LogP contribution < -0.4 is 16.0 Å². The highest BCUT2D eigenvalue weighted by Crippen LogP contribution is 2.31. The van der Waals surface area contributed by atoms with Gasteiger partial charge >= 0.3 is 0 Å². The van der Waals surface area contributed by atoms with Gasteiger partial charge in [0.2, 0.25) is 0 Å². The average molecular weight is 450 g/mol. The van der Waals surface area contributed by atoms with Crippen molar-refractivity contribution >= 4 is 45.7 Å². The van der Waals surface area contributed by atoms with Gasteiger partial charge in [-0.3, -0.25) is 14.9 Å². The molecule has 2 aliphatic rings. The first-order chi connectivity index (χ1) is 15.5. The summed E-state index contributed by atoms with van der Waals surface area (Å²) < 4.78 is 15.0. The molecule has 4 heterocycles. The number of hydrogen-bond acceptors (Lipinski definition) is 8. The number of nitrogens with zero attached hydrogens (tertiary/aromatic N) is 4. The summed E-state index contributed by atoms with van der Waals surface area (Å²) in [4.78, 5) is 38.6. The Labute approximate surface area is 187 Å². The van der Waals surface area contributed by atoms with Crippen LogP contribution in [0.2, 0.25) is 0 Å². The van der Waals surface area contributed by atoms with Gasteiger partial charge in [0.05, 0.1) is 21.8 Å². The molecule has 2 fully saturated rings. The molecule has 2 saturated heterocycles. The Morgan fingerprint density at radius 3 is 2.84 bits per heavy atom. The van der Waals surface area contributed by atoms with Crippen molar-refractivity contribution in [3.05, 3.63) is 53.1 Å². The molecule has 32 heavy (non-hydrogen) atoms. The number of imide groups is 1. The lowest BCUT2D eigenvalue weighted by Crippen LogP contribution is -2.43. The summed E-state index contributed by atoms with van der Waals surface area (Å²) in [6.45, 7) is 1.40. The molecule has 1 aromatic carbocycles. The molecule has 8 nitrogen and oxygen atoms in total. The van der Waals surface area contributed by atoms with E-state index in [1.807, 2.05) is 11.0 Å². The lowest BCUT2D eigenvalue weighted by atomic mass is 10.0. The maximum absolute atomic E-state index is 15.0. The number of piperidine rings is 1. The van der Waals surface area contributed by atoms with Crippen LogP contribution in [-0.2, 0) is 4.79 Å². The molecular weight excluding hydrogens is 431 g/mol. The molecule has 0 bridgehead atoms. The van der Waals surface area contributed by atoms with E-state index < -0.39 is 11.1 Å². The van der Waals surface area contributed by atoms with Crippen LogP contribution in [0, 0.1) is 5.82 Å². The van der Waals surface area contributed by atoms with Gasteiger partial charge in [0.15, 0.2) is 0 Å². The number of carbonyl (C=O) groups is 2. The molecule has 0 unspecified atom stereocenters. The second-order valence-electron chi connectivity index (χ2n) is 7.69. The number of rotatable bonds is 3. The van der Waals surface area contributed by atoms with E-state index in [-0.39, 0.29) is 16.8 Å². The highest BCUT2D eigenvalue weighted by atomic mass is 32.2. The molecule has 1 atom stereocenters. The Morgan fingerprint density at radius 2 is 2.09 bits per heavy atom. The van der Waals surface area contributed by atoms with Crippen LogP contribution in [0.4, 0.5) is 14.9 Å². The number of pyridine rings is 1.